The van der Waals surface area contributed by atoms with Gasteiger partial charge in [0.05, 0.1) is 13.0 Å². The van der Waals surface area contributed by atoms with Crippen molar-refractivity contribution >= 4 is 5.91 Å². The van der Waals surface area contributed by atoms with Crippen LogP contribution in [0.2, 0.25) is 0 Å². The molecule has 2 aliphatic heterocycles. The summed E-state index contributed by atoms with van der Waals surface area (Å²) in [6, 6.07) is 10.5. The van der Waals surface area contributed by atoms with Crippen molar-refractivity contribution < 1.29 is 9.90 Å². The zero-order valence-corrected chi connectivity index (χ0v) is 12.2. The van der Waals surface area contributed by atoms with E-state index in [9.17, 15) is 9.90 Å². The van der Waals surface area contributed by atoms with E-state index in [-0.39, 0.29) is 30.6 Å². The number of nitrogens with one attached hydrogen (secondary N) is 2. The summed E-state index contributed by atoms with van der Waals surface area (Å²) in [5.41, 5.74) is 7.42. The van der Waals surface area contributed by atoms with Crippen molar-refractivity contribution in [2.24, 2.45) is 0 Å². The van der Waals surface area contributed by atoms with Gasteiger partial charge in [-0.05, 0) is 24.8 Å². The molecule has 2 heterocycles. The topological polar surface area (TPSA) is 64.6 Å². The van der Waals surface area contributed by atoms with Crippen LogP contribution in [-0.4, -0.2) is 47.2 Å². The Balaban J connectivity index is 1.62. The minimum absolute atomic E-state index is 0.0988. The molecule has 3 rings (SSSR count). The van der Waals surface area contributed by atoms with E-state index in [4.69, 9.17) is 0 Å². The van der Waals surface area contributed by atoms with E-state index >= 15 is 0 Å². The van der Waals surface area contributed by atoms with Crippen LogP contribution in [0.5, 0.6) is 0 Å². The Kier molecular flexibility index (Phi) is 4.53. The third-order valence-electron chi connectivity index (χ3n) is 4.51. The average molecular weight is 289 g/mol. The fourth-order valence-corrected chi connectivity index (χ4v) is 3.42. The molecule has 21 heavy (non-hydrogen) atoms. The second-order valence-corrected chi connectivity index (χ2v) is 5.97. The molecule has 1 aromatic rings. The standard InChI is InChI=1S/C16H23N3O2/c20-11-13-10-14(18-17-13)15-7-4-8-19(15)16(21)9-12-5-2-1-3-6-12/h1-3,5-6,13-15,17-18,20H,4,7-11H2. The molecule has 5 heteroatoms. The quantitative estimate of drug-likeness (QED) is 0.753. The number of hydrogen-bond acceptors (Lipinski definition) is 4. The third-order valence-corrected chi connectivity index (χ3v) is 4.51. The molecule has 3 unspecified atom stereocenters. The van der Waals surface area contributed by atoms with E-state index < -0.39 is 0 Å². The van der Waals surface area contributed by atoms with E-state index in [1.54, 1.807) is 0 Å². The highest BCUT2D eigenvalue weighted by Gasteiger charge is 2.38. The van der Waals surface area contributed by atoms with E-state index in [0.717, 1.165) is 31.4 Å². The predicted octanol–water partition coefficient (Wildman–Crippen LogP) is 0.447. The molecule has 2 saturated heterocycles. The van der Waals surface area contributed by atoms with Gasteiger partial charge in [-0.1, -0.05) is 30.3 Å². The zero-order valence-electron chi connectivity index (χ0n) is 12.2. The SMILES string of the molecule is O=C(Cc1ccccc1)N1CCCC1C1CC(CO)NN1. The molecule has 2 fully saturated rings. The Bertz CT molecular complexity index is 480. The Morgan fingerprint density at radius 3 is 2.81 bits per heavy atom. The second kappa shape index (κ2) is 6.56. The van der Waals surface area contributed by atoms with E-state index in [2.05, 4.69) is 10.9 Å². The second-order valence-electron chi connectivity index (χ2n) is 5.97. The predicted molar refractivity (Wildman–Crippen MR) is 80.4 cm³/mol. The Morgan fingerprint density at radius 1 is 1.29 bits per heavy atom. The highest BCUT2D eigenvalue weighted by molar-refractivity contribution is 5.79. The summed E-state index contributed by atoms with van der Waals surface area (Å²) in [4.78, 5) is 14.6. The van der Waals surface area contributed by atoms with E-state index in [1.807, 2.05) is 35.2 Å². The average Bonchev–Trinajstić information content (AvgIpc) is 3.16. The first-order valence-electron chi connectivity index (χ1n) is 7.73. The van der Waals surface area contributed by atoms with Crippen molar-refractivity contribution in [3.8, 4) is 0 Å². The monoisotopic (exact) mass is 289 g/mol. The lowest BCUT2D eigenvalue weighted by atomic mass is 10.0. The van der Waals surface area contributed by atoms with Crippen LogP contribution in [-0.2, 0) is 11.2 Å². The number of hydrogen-bond donors (Lipinski definition) is 3. The Hall–Kier alpha value is -1.43. The fourth-order valence-electron chi connectivity index (χ4n) is 3.42. The molecule has 1 aromatic carbocycles. The number of carbonyl (C=O) groups excluding carboxylic acids is 1. The zero-order chi connectivity index (χ0) is 14.7. The Morgan fingerprint density at radius 2 is 2.10 bits per heavy atom. The smallest absolute Gasteiger partial charge is 0.227 e. The first kappa shape index (κ1) is 14.5. The molecule has 0 aliphatic carbocycles. The van der Waals surface area contributed by atoms with Crippen LogP contribution < -0.4 is 10.9 Å². The lowest BCUT2D eigenvalue weighted by Crippen LogP contribution is -2.48. The lowest BCUT2D eigenvalue weighted by molar-refractivity contribution is -0.131. The van der Waals surface area contributed by atoms with Crippen molar-refractivity contribution in [1.82, 2.24) is 15.8 Å². The van der Waals surface area contributed by atoms with E-state index in [1.165, 1.54) is 0 Å². The van der Waals surface area contributed by atoms with Gasteiger partial charge >= 0.3 is 0 Å². The number of carbonyl (C=O) groups is 1. The van der Waals surface area contributed by atoms with Crippen molar-refractivity contribution in [2.75, 3.05) is 13.2 Å². The molecule has 5 nitrogen and oxygen atoms in total. The molecule has 3 N–H and O–H groups in total. The maximum Gasteiger partial charge on any atom is 0.227 e. The lowest BCUT2D eigenvalue weighted by Gasteiger charge is -2.29. The van der Waals surface area contributed by atoms with Crippen LogP contribution in [0.3, 0.4) is 0 Å². The van der Waals surface area contributed by atoms with Gasteiger partial charge in [-0.3, -0.25) is 15.6 Å². The van der Waals surface area contributed by atoms with Crippen LogP contribution >= 0.6 is 0 Å². The number of likely N-dealkylation sites (tertiary alicyclic amines) is 1. The number of rotatable bonds is 4. The summed E-state index contributed by atoms with van der Waals surface area (Å²) in [5, 5.41) is 9.21. The number of nitrogens with zero attached hydrogens (tertiary/aromatic N) is 1. The molecule has 2 aliphatic rings. The van der Waals surface area contributed by atoms with Gasteiger partial charge < -0.3 is 10.0 Å². The normalized spacial score (nSPS) is 29.0. The van der Waals surface area contributed by atoms with Crippen molar-refractivity contribution in [3.05, 3.63) is 35.9 Å². The molecule has 114 valence electrons. The first-order chi connectivity index (χ1) is 10.3. The van der Waals surface area contributed by atoms with Crippen LogP contribution in [0.25, 0.3) is 0 Å². The summed E-state index contributed by atoms with van der Waals surface area (Å²) in [6.07, 6.45) is 3.45. The minimum atomic E-state index is 0.0988. The maximum absolute atomic E-state index is 12.6. The van der Waals surface area contributed by atoms with Gasteiger partial charge in [-0.15, -0.1) is 0 Å². The summed E-state index contributed by atoms with van der Waals surface area (Å²) < 4.78 is 0. The highest BCUT2D eigenvalue weighted by Crippen LogP contribution is 2.25. The molecule has 0 spiro atoms. The molecule has 3 atom stereocenters. The number of benzene rings is 1. The van der Waals surface area contributed by atoms with Gasteiger partial charge in [0, 0.05) is 24.7 Å². The van der Waals surface area contributed by atoms with Crippen LogP contribution in [0.1, 0.15) is 24.8 Å². The number of aliphatic hydroxyl groups is 1. The van der Waals surface area contributed by atoms with Crippen LogP contribution in [0.4, 0.5) is 0 Å². The molecule has 0 radical (unpaired) electrons. The first-order valence-corrected chi connectivity index (χ1v) is 7.73. The minimum Gasteiger partial charge on any atom is -0.395 e. The van der Waals surface area contributed by atoms with Gasteiger partial charge in [-0.2, -0.15) is 0 Å². The molecular weight excluding hydrogens is 266 g/mol. The number of aliphatic hydroxyl groups excluding tert-OH is 1. The van der Waals surface area contributed by atoms with E-state index in [0.29, 0.717) is 6.42 Å². The summed E-state index contributed by atoms with van der Waals surface area (Å²) in [7, 11) is 0. The molecule has 0 aromatic heterocycles. The van der Waals surface area contributed by atoms with Gasteiger partial charge in [0.15, 0.2) is 0 Å². The highest BCUT2D eigenvalue weighted by atomic mass is 16.3. The van der Waals surface area contributed by atoms with Crippen molar-refractivity contribution in [3.63, 3.8) is 0 Å². The molecular formula is C16H23N3O2. The maximum atomic E-state index is 12.6. The molecule has 1 amide bonds. The fraction of sp³-hybridized carbons (Fsp3) is 0.562. The largest absolute Gasteiger partial charge is 0.395 e. The Labute approximate surface area is 125 Å². The summed E-state index contributed by atoms with van der Waals surface area (Å²) in [5.74, 6) is 0.206. The van der Waals surface area contributed by atoms with Gasteiger partial charge in [0.25, 0.3) is 0 Å². The summed E-state index contributed by atoms with van der Waals surface area (Å²) >= 11 is 0. The summed E-state index contributed by atoms with van der Waals surface area (Å²) in [6.45, 7) is 0.979. The number of hydrazine groups is 1. The van der Waals surface area contributed by atoms with Gasteiger partial charge in [0.2, 0.25) is 5.91 Å². The molecule has 0 saturated carbocycles. The van der Waals surface area contributed by atoms with Gasteiger partial charge in [0.1, 0.15) is 0 Å². The number of amides is 1. The molecule has 0 bridgehead atoms. The van der Waals surface area contributed by atoms with Crippen molar-refractivity contribution in [1.29, 1.82) is 0 Å². The van der Waals surface area contributed by atoms with Crippen LogP contribution in [0, 0.1) is 0 Å². The van der Waals surface area contributed by atoms with Crippen molar-refractivity contribution in [2.45, 2.75) is 43.8 Å². The van der Waals surface area contributed by atoms with Crippen LogP contribution in [0.15, 0.2) is 30.3 Å². The third kappa shape index (κ3) is 3.26. The van der Waals surface area contributed by atoms with Gasteiger partial charge in [-0.25, -0.2) is 0 Å².